The molecule has 0 amide bonds. The monoisotopic (exact) mass is 320 g/mol. The van der Waals surface area contributed by atoms with Gasteiger partial charge in [-0.15, -0.1) is 13.2 Å². The number of aliphatic hydroxyl groups is 2. The van der Waals surface area contributed by atoms with Crippen molar-refractivity contribution in [3.8, 4) is 5.75 Å². The van der Waals surface area contributed by atoms with Crippen LogP contribution >= 0.6 is 0 Å². The Morgan fingerprint density at radius 3 is 1.96 bits per heavy atom. The molecular weight excluding hydrogens is 292 g/mol. The highest BCUT2D eigenvalue weighted by Crippen LogP contribution is 2.18. The number of aliphatic hydroxyl groups excluding tert-OH is 2. The van der Waals surface area contributed by atoms with E-state index in [0.717, 1.165) is 11.3 Å². The molecule has 1 aromatic carbocycles. The maximum atomic E-state index is 9.96. The maximum absolute atomic E-state index is 9.96. The largest absolute Gasteiger partial charge is 0.497 e. The van der Waals surface area contributed by atoms with Gasteiger partial charge in [0.1, 0.15) is 5.75 Å². The highest BCUT2D eigenvalue weighted by molar-refractivity contribution is 5.26. The molecule has 2 unspecified atom stereocenters. The van der Waals surface area contributed by atoms with E-state index in [1.165, 1.54) is 0 Å². The van der Waals surface area contributed by atoms with Gasteiger partial charge < -0.3 is 19.7 Å². The van der Waals surface area contributed by atoms with Crippen molar-refractivity contribution in [1.82, 2.24) is 0 Å². The van der Waals surface area contributed by atoms with E-state index in [2.05, 4.69) is 13.2 Å². The van der Waals surface area contributed by atoms with Crippen molar-refractivity contribution in [2.24, 2.45) is 0 Å². The van der Waals surface area contributed by atoms with Crippen molar-refractivity contribution in [2.45, 2.75) is 50.6 Å². The second-order valence-corrected chi connectivity index (χ2v) is 5.61. The van der Waals surface area contributed by atoms with Crippen molar-refractivity contribution in [1.29, 1.82) is 0 Å². The normalized spacial score (nSPS) is 14.7. The zero-order valence-electron chi connectivity index (χ0n) is 13.9. The molecule has 0 aliphatic rings. The van der Waals surface area contributed by atoms with Crippen molar-refractivity contribution in [3.63, 3.8) is 0 Å². The number of hydrogen-bond acceptors (Lipinski definition) is 4. The Labute approximate surface area is 139 Å². The predicted octanol–water partition coefficient (Wildman–Crippen LogP) is 3.23. The van der Waals surface area contributed by atoms with Gasteiger partial charge in [-0.1, -0.05) is 24.3 Å². The summed E-state index contributed by atoms with van der Waals surface area (Å²) in [6.07, 6.45) is 4.10. The van der Waals surface area contributed by atoms with Crippen LogP contribution in [0.4, 0.5) is 0 Å². The summed E-state index contributed by atoms with van der Waals surface area (Å²) in [4.78, 5) is 0. The Kier molecular flexibility index (Phi) is 9.29. The van der Waals surface area contributed by atoms with Crippen LogP contribution in [-0.2, 0) is 11.3 Å². The molecule has 0 fully saturated rings. The first-order valence-electron chi connectivity index (χ1n) is 7.91. The zero-order valence-corrected chi connectivity index (χ0v) is 13.9. The first-order chi connectivity index (χ1) is 11.1. The number of benzene rings is 1. The molecule has 1 aromatic rings. The van der Waals surface area contributed by atoms with Crippen LogP contribution in [0.3, 0.4) is 0 Å². The van der Waals surface area contributed by atoms with Crippen LogP contribution < -0.4 is 4.74 Å². The second-order valence-electron chi connectivity index (χ2n) is 5.61. The van der Waals surface area contributed by atoms with Gasteiger partial charge in [0.15, 0.2) is 0 Å². The van der Waals surface area contributed by atoms with Crippen molar-refractivity contribution in [2.75, 3.05) is 7.11 Å². The summed E-state index contributed by atoms with van der Waals surface area (Å²) in [7, 11) is 1.63. The van der Waals surface area contributed by atoms with E-state index >= 15 is 0 Å². The summed E-state index contributed by atoms with van der Waals surface area (Å²) in [5, 5.41) is 19.9. The molecule has 0 aromatic heterocycles. The summed E-state index contributed by atoms with van der Waals surface area (Å²) in [5.74, 6) is 0.799. The van der Waals surface area contributed by atoms with Gasteiger partial charge in [-0.2, -0.15) is 0 Å². The molecule has 2 N–H and O–H groups in total. The summed E-state index contributed by atoms with van der Waals surface area (Å²) < 4.78 is 11.0. The zero-order chi connectivity index (χ0) is 17.1. The van der Waals surface area contributed by atoms with Crippen LogP contribution in [0.1, 0.15) is 31.2 Å². The maximum Gasteiger partial charge on any atom is 0.118 e. The molecule has 0 saturated carbocycles. The molecule has 3 atom stereocenters. The van der Waals surface area contributed by atoms with Crippen LogP contribution in [-0.4, -0.2) is 35.6 Å². The molecule has 0 heterocycles. The highest BCUT2D eigenvalue weighted by atomic mass is 16.5. The third-order valence-corrected chi connectivity index (χ3v) is 3.59. The van der Waals surface area contributed by atoms with E-state index in [1.807, 2.05) is 24.3 Å². The van der Waals surface area contributed by atoms with Gasteiger partial charge in [-0.05, 0) is 43.4 Å². The predicted molar refractivity (Wildman–Crippen MR) is 92.4 cm³/mol. The lowest BCUT2D eigenvalue weighted by molar-refractivity contribution is -0.0222. The minimum absolute atomic E-state index is 0.220. The van der Waals surface area contributed by atoms with E-state index in [0.29, 0.717) is 32.3 Å². The Bertz CT molecular complexity index is 437. The minimum atomic E-state index is -0.510. The van der Waals surface area contributed by atoms with Crippen molar-refractivity contribution >= 4 is 0 Å². The van der Waals surface area contributed by atoms with Crippen LogP contribution in [0.15, 0.2) is 49.6 Å². The fourth-order valence-electron chi connectivity index (χ4n) is 2.35. The lowest BCUT2D eigenvalue weighted by Gasteiger charge is -2.23. The van der Waals surface area contributed by atoms with E-state index in [9.17, 15) is 10.2 Å². The third-order valence-electron chi connectivity index (χ3n) is 3.59. The van der Waals surface area contributed by atoms with Gasteiger partial charge in [-0.25, -0.2) is 0 Å². The Morgan fingerprint density at radius 2 is 1.52 bits per heavy atom. The molecule has 128 valence electrons. The SMILES string of the molecule is C=CCC(O)CC(C[C@@H](O)CC=C)OCc1ccc(OC)cc1. The van der Waals surface area contributed by atoms with E-state index in [-0.39, 0.29) is 6.10 Å². The highest BCUT2D eigenvalue weighted by Gasteiger charge is 2.18. The molecule has 0 bridgehead atoms. The summed E-state index contributed by atoms with van der Waals surface area (Å²) in [6, 6.07) is 7.64. The Balaban J connectivity index is 2.58. The Morgan fingerprint density at radius 1 is 1.00 bits per heavy atom. The second kappa shape index (κ2) is 11.0. The average Bonchev–Trinajstić information content (AvgIpc) is 2.53. The molecular formula is C19H28O4. The van der Waals surface area contributed by atoms with Gasteiger partial charge >= 0.3 is 0 Å². The smallest absolute Gasteiger partial charge is 0.118 e. The first-order valence-corrected chi connectivity index (χ1v) is 7.91. The fourth-order valence-corrected chi connectivity index (χ4v) is 2.35. The van der Waals surface area contributed by atoms with Gasteiger partial charge in [0.2, 0.25) is 0 Å². The van der Waals surface area contributed by atoms with Crippen LogP contribution in [0.25, 0.3) is 0 Å². The third kappa shape index (κ3) is 7.98. The molecule has 0 aliphatic heterocycles. The molecule has 1 rings (SSSR count). The lowest BCUT2D eigenvalue weighted by atomic mass is 10.0. The lowest BCUT2D eigenvalue weighted by Crippen LogP contribution is -2.25. The van der Waals surface area contributed by atoms with Gasteiger partial charge in [0.25, 0.3) is 0 Å². The standard InChI is InChI=1S/C19H28O4/c1-4-6-16(20)12-19(13-17(21)7-5-2)23-14-15-8-10-18(22-3)11-9-15/h4-5,8-11,16-17,19-21H,1-2,6-7,12-14H2,3H3/t16-,17?,19?/m0/s1. The van der Waals surface area contributed by atoms with Crippen molar-refractivity contribution < 1.29 is 19.7 Å². The summed E-state index contributed by atoms with van der Waals surface area (Å²) in [5.41, 5.74) is 1.02. The number of ether oxygens (including phenoxy) is 2. The van der Waals surface area contributed by atoms with Gasteiger partial charge in [0.05, 0.1) is 32.0 Å². The fraction of sp³-hybridized carbons (Fsp3) is 0.474. The molecule has 0 saturated heterocycles. The summed E-state index contributed by atoms with van der Waals surface area (Å²) >= 11 is 0. The number of hydrogen-bond donors (Lipinski definition) is 2. The van der Waals surface area contributed by atoms with Gasteiger partial charge in [0, 0.05) is 0 Å². The number of methoxy groups -OCH3 is 1. The van der Waals surface area contributed by atoms with E-state index in [1.54, 1.807) is 19.3 Å². The topological polar surface area (TPSA) is 58.9 Å². The van der Waals surface area contributed by atoms with Gasteiger partial charge in [-0.3, -0.25) is 0 Å². The van der Waals surface area contributed by atoms with E-state index < -0.39 is 12.2 Å². The van der Waals surface area contributed by atoms with Crippen molar-refractivity contribution in [3.05, 3.63) is 55.1 Å². The van der Waals surface area contributed by atoms with E-state index in [4.69, 9.17) is 9.47 Å². The molecule has 4 nitrogen and oxygen atoms in total. The first kappa shape index (κ1) is 19.4. The molecule has 0 aliphatic carbocycles. The van der Waals surface area contributed by atoms with Crippen LogP contribution in [0.2, 0.25) is 0 Å². The quantitative estimate of drug-likeness (QED) is 0.581. The van der Waals surface area contributed by atoms with Crippen LogP contribution in [0, 0.1) is 0 Å². The molecule has 4 heteroatoms. The number of rotatable bonds is 12. The van der Waals surface area contributed by atoms with Crippen LogP contribution in [0.5, 0.6) is 5.75 Å². The minimum Gasteiger partial charge on any atom is -0.497 e. The molecule has 0 spiro atoms. The molecule has 23 heavy (non-hydrogen) atoms. The summed E-state index contributed by atoms with van der Waals surface area (Å²) in [6.45, 7) is 7.69. The Hall–Kier alpha value is -1.62. The average molecular weight is 320 g/mol. The molecule has 0 radical (unpaired) electrons.